The molecule has 186 valence electrons. The van der Waals surface area contributed by atoms with Gasteiger partial charge in [-0.2, -0.15) is 0 Å². The van der Waals surface area contributed by atoms with E-state index in [0.29, 0.717) is 41.2 Å². The highest BCUT2D eigenvalue weighted by Gasteiger charge is 2.26. The molecule has 3 aromatic rings. The van der Waals surface area contributed by atoms with Crippen LogP contribution in [0.3, 0.4) is 0 Å². The van der Waals surface area contributed by atoms with Gasteiger partial charge >= 0.3 is 0 Å². The zero-order chi connectivity index (χ0) is 25.5. The molecule has 0 spiro atoms. The number of nitrogens with two attached hydrogens (primary N) is 1. The van der Waals surface area contributed by atoms with Crippen molar-refractivity contribution in [2.45, 2.75) is 19.1 Å². The average Bonchev–Trinajstić information content (AvgIpc) is 3.34. The summed E-state index contributed by atoms with van der Waals surface area (Å²) in [4.78, 5) is 29.3. The third-order valence-corrected chi connectivity index (χ3v) is 6.63. The lowest BCUT2D eigenvalue weighted by Crippen LogP contribution is -2.42. The lowest BCUT2D eigenvalue weighted by molar-refractivity contribution is -0.130. The molecule has 1 unspecified atom stereocenters. The predicted molar refractivity (Wildman–Crippen MR) is 144 cm³/mol. The second-order valence-electron chi connectivity index (χ2n) is 8.59. The highest BCUT2D eigenvalue weighted by molar-refractivity contribution is 6.42. The highest BCUT2D eigenvalue weighted by Crippen LogP contribution is 2.25. The van der Waals surface area contributed by atoms with E-state index < -0.39 is 0 Å². The minimum atomic E-state index is -0.292. The molecule has 2 amide bonds. The van der Waals surface area contributed by atoms with Gasteiger partial charge in [-0.25, -0.2) is 0 Å². The largest absolute Gasteiger partial charge is 0.489 e. The minimum absolute atomic E-state index is 0.0250. The molecule has 6 nitrogen and oxygen atoms in total. The number of carbonyl (C=O) groups is 2. The molecule has 0 aliphatic carbocycles. The number of amides is 2. The van der Waals surface area contributed by atoms with Crippen molar-refractivity contribution in [2.24, 2.45) is 5.73 Å². The summed E-state index contributed by atoms with van der Waals surface area (Å²) >= 11 is 12.0. The van der Waals surface area contributed by atoms with Crippen LogP contribution in [0.2, 0.25) is 10.0 Å². The van der Waals surface area contributed by atoms with E-state index in [0.717, 1.165) is 17.5 Å². The van der Waals surface area contributed by atoms with E-state index in [1.54, 1.807) is 47.4 Å². The number of nitrogens with zero attached hydrogens (tertiary/aromatic N) is 2. The van der Waals surface area contributed by atoms with Gasteiger partial charge in [0.2, 0.25) is 5.91 Å². The summed E-state index contributed by atoms with van der Waals surface area (Å²) in [5.41, 5.74) is 8.34. The number of hydrogen-bond acceptors (Lipinski definition) is 4. The molecular formula is C28H27Cl2N3O3. The number of benzene rings is 3. The van der Waals surface area contributed by atoms with Gasteiger partial charge in [0.1, 0.15) is 18.9 Å². The fourth-order valence-electron chi connectivity index (χ4n) is 3.89. The van der Waals surface area contributed by atoms with Gasteiger partial charge in [0.05, 0.1) is 10.0 Å². The van der Waals surface area contributed by atoms with Crippen LogP contribution in [-0.4, -0.2) is 42.4 Å². The molecule has 36 heavy (non-hydrogen) atoms. The number of hydrogen-bond donors (Lipinski definition) is 1. The van der Waals surface area contributed by atoms with E-state index in [-0.39, 0.29) is 24.4 Å². The molecule has 0 aromatic heterocycles. The zero-order valence-corrected chi connectivity index (χ0v) is 21.2. The van der Waals surface area contributed by atoms with Gasteiger partial charge in [-0.3, -0.25) is 14.5 Å². The van der Waals surface area contributed by atoms with Gasteiger partial charge in [-0.15, -0.1) is 0 Å². The van der Waals surface area contributed by atoms with Crippen molar-refractivity contribution < 1.29 is 14.3 Å². The summed E-state index contributed by atoms with van der Waals surface area (Å²) in [6, 6.07) is 21.9. The Morgan fingerprint density at radius 2 is 1.78 bits per heavy atom. The molecule has 8 heteroatoms. The first kappa shape index (κ1) is 25.8. The van der Waals surface area contributed by atoms with Crippen LogP contribution in [0.15, 0.2) is 78.9 Å². The van der Waals surface area contributed by atoms with Gasteiger partial charge in [-0.05, 0) is 60.0 Å². The SMILES string of the molecule is NC1CCN(C(=O)CN(C(=O)C=Cc2ccccc2)c2ccc(OCc3ccc(Cl)c(Cl)c3)cc2)C1. The maximum absolute atomic E-state index is 13.2. The number of anilines is 1. The molecule has 2 N–H and O–H groups in total. The second kappa shape index (κ2) is 12.1. The summed E-state index contributed by atoms with van der Waals surface area (Å²) in [7, 11) is 0. The fourth-order valence-corrected chi connectivity index (χ4v) is 4.21. The van der Waals surface area contributed by atoms with Crippen molar-refractivity contribution in [1.82, 2.24) is 4.90 Å². The van der Waals surface area contributed by atoms with Crippen LogP contribution < -0.4 is 15.4 Å². The van der Waals surface area contributed by atoms with Crippen LogP contribution in [0.25, 0.3) is 6.08 Å². The number of carbonyl (C=O) groups excluding carboxylic acids is 2. The molecule has 1 atom stereocenters. The minimum Gasteiger partial charge on any atom is -0.489 e. The highest BCUT2D eigenvalue weighted by atomic mass is 35.5. The van der Waals surface area contributed by atoms with Crippen molar-refractivity contribution >= 4 is 46.8 Å². The summed E-state index contributed by atoms with van der Waals surface area (Å²) in [6.07, 6.45) is 3.98. The molecule has 1 saturated heterocycles. The van der Waals surface area contributed by atoms with Gasteiger partial charge < -0.3 is 15.4 Å². The molecule has 0 bridgehead atoms. The van der Waals surface area contributed by atoms with Gasteiger partial charge in [0.15, 0.2) is 0 Å². The molecule has 3 aromatic carbocycles. The summed E-state index contributed by atoms with van der Waals surface area (Å²) in [6.45, 7) is 1.34. The van der Waals surface area contributed by atoms with Crippen molar-refractivity contribution in [3.05, 3.63) is 100 Å². The molecule has 1 aliphatic heterocycles. The number of ether oxygens (including phenoxy) is 1. The molecule has 0 saturated carbocycles. The molecule has 0 radical (unpaired) electrons. The van der Waals surface area contributed by atoms with Gasteiger partial charge in [0, 0.05) is 30.9 Å². The van der Waals surface area contributed by atoms with Crippen LogP contribution in [0, 0.1) is 0 Å². The van der Waals surface area contributed by atoms with Crippen LogP contribution >= 0.6 is 23.2 Å². The quantitative estimate of drug-likeness (QED) is 0.412. The Balaban J connectivity index is 1.48. The Hall–Kier alpha value is -3.32. The number of rotatable bonds is 8. The first-order chi connectivity index (χ1) is 17.4. The third kappa shape index (κ3) is 6.88. The smallest absolute Gasteiger partial charge is 0.251 e. The van der Waals surface area contributed by atoms with Crippen LogP contribution in [-0.2, 0) is 16.2 Å². The Bertz CT molecular complexity index is 1230. The molecule has 1 aliphatic rings. The molecule has 1 heterocycles. The first-order valence-corrected chi connectivity index (χ1v) is 12.4. The first-order valence-electron chi connectivity index (χ1n) is 11.6. The summed E-state index contributed by atoms with van der Waals surface area (Å²) in [5.74, 6) is 0.193. The van der Waals surface area contributed by atoms with E-state index in [1.165, 1.54) is 11.0 Å². The van der Waals surface area contributed by atoms with Crippen molar-refractivity contribution in [2.75, 3.05) is 24.5 Å². The lowest BCUT2D eigenvalue weighted by Gasteiger charge is -2.24. The number of likely N-dealkylation sites (tertiary alicyclic amines) is 1. The summed E-state index contributed by atoms with van der Waals surface area (Å²) < 4.78 is 5.85. The molecule has 1 fully saturated rings. The second-order valence-corrected chi connectivity index (χ2v) is 9.40. The summed E-state index contributed by atoms with van der Waals surface area (Å²) in [5, 5.41) is 0.954. The van der Waals surface area contributed by atoms with Gasteiger partial charge in [0.25, 0.3) is 5.91 Å². The normalized spacial score (nSPS) is 15.3. The van der Waals surface area contributed by atoms with E-state index >= 15 is 0 Å². The zero-order valence-electron chi connectivity index (χ0n) is 19.6. The maximum atomic E-state index is 13.2. The van der Waals surface area contributed by atoms with Crippen molar-refractivity contribution in [3.63, 3.8) is 0 Å². The molecule has 4 rings (SSSR count). The van der Waals surface area contributed by atoms with E-state index in [4.69, 9.17) is 33.7 Å². The van der Waals surface area contributed by atoms with Crippen molar-refractivity contribution in [1.29, 1.82) is 0 Å². The average molecular weight is 524 g/mol. The monoisotopic (exact) mass is 523 g/mol. The van der Waals surface area contributed by atoms with Crippen LogP contribution in [0.4, 0.5) is 5.69 Å². The Morgan fingerprint density at radius 1 is 1.03 bits per heavy atom. The maximum Gasteiger partial charge on any atom is 0.251 e. The van der Waals surface area contributed by atoms with E-state index in [1.807, 2.05) is 36.4 Å². The predicted octanol–water partition coefficient (Wildman–Crippen LogP) is 5.18. The third-order valence-electron chi connectivity index (χ3n) is 5.89. The standard InChI is InChI=1S/C28H27Cl2N3O3/c29-25-12-6-21(16-26(25)30)19-36-24-10-8-23(9-11-24)33(18-28(35)32-15-14-22(31)17-32)27(34)13-7-20-4-2-1-3-5-20/h1-13,16,22H,14-15,17-19,31H2. The molecular weight excluding hydrogens is 497 g/mol. The Morgan fingerprint density at radius 3 is 2.44 bits per heavy atom. The van der Waals surface area contributed by atoms with E-state index in [9.17, 15) is 9.59 Å². The van der Waals surface area contributed by atoms with Crippen molar-refractivity contribution in [3.8, 4) is 5.75 Å². The fraction of sp³-hybridized carbons (Fsp3) is 0.214. The van der Waals surface area contributed by atoms with Gasteiger partial charge in [-0.1, -0.05) is 59.6 Å². The Labute approximate surface area is 220 Å². The Kier molecular flexibility index (Phi) is 8.65. The number of halogens is 2. The topological polar surface area (TPSA) is 75.9 Å². The van der Waals surface area contributed by atoms with Crippen LogP contribution in [0.5, 0.6) is 5.75 Å². The van der Waals surface area contributed by atoms with E-state index in [2.05, 4.69) is 0 Å². The lowest BCUT2D eigenvalue weighted by atomic mass is 10.2. The van der Waals surface area contributed by atoms with Crippen LogP contribution in [0.1, 0.15) is 17.5 Å².